The van der Waals surface area contributed by atoms with E-state index in [1.165, 1.54) is 6.42 Å². The van der Waals surface area contributed by atoms with Crippen molar-refractivity contribution in [3.8, 4) is 0 Å². The quantitative estimate of drug-likeness (QED) is 0.733. The van der Waals surface area contributed by atoms with E-state index in [9.17, 15) is 9.59 Å². The summed E-state index contributed by atoms with van der Waals surface area (Å²) in [6.45, 7) is 3.30. The van der Waals surface area contributed by atoms with Crippen LogP contribution >= 0.6 is 0 Å². The summed E-state index contributed by atoms with van der Waals surface area (Å²) in [6, 6.07) is -0.0107. The molecule has 2 aromatic heterocycles. The number of carbonyl (C=O) groups excluding carboxylic acids is 2. The van der Waals surface area contributed by atoms with Crippen molar-refractivity contribution in [2.24, 2.45) is 7.05 Å². The minimum atomic E-state index is -0.0889. The Morgan fingerprint density at radius 3 is 2.76 bits per heavy atom. The average molecular weight is 400 g/mol. The Morgan fingerprint density at radius 2 is 2.10 bits per heavy atom. The summed E-state index contributed by atoms with van der Waals surface area (Å²) in [7, 11) is 1.81. The third-order valence-electron chi connectivity index (χ3n) is 6.06. The van der Waals surface area contributed by atoms with Crippen molar-refractivity contribution in [3.05, 3.63) is 29.9 Å². The number of amides is 2. The van der Waals surface area contributed by atoms with Gasteiger partial charge in [0.05, 0.1) is 0 Å². The van der Waals surface area contributed by atoms with Crippen LogP contribution in [0, 0.1) is 0 Å². The highest BCUT2D eigenvalue weighted by Gasteiger charge is 2.31. The Kier molecular flexibility index (Phi) is 5.64. The van der Waals surface area contributed by atoms with Crippen LogP contribution in [0.3, 0.4) is 0 Å². The molecule has 9 nitrogen and oxygen atoms in total. The lowest BCUT2D eigenvalue weighted by molar-refractivity contribution is -0.132. The first-order valence-electron chi connectivity index (χ1n) is 10.4. The first kappa shape index (κ1) is 19.6. The van der Waals surface area contributed by atoms with Gasteiger partial charge in [-0.15, -0.1) is 0 Å². The fourth-order valence-electron chi connectivity index (χ4n) is 4.11. The Bertz CT molecular complexity index is 871. The van der Waals surface area contributed by atoms with Crippen LogP contribution in [0.2, 0.25) is 0 Å². The maximum absolute atomic E-state index is 12.8. The van der Waals surface area contributed by atoms with E-state index >= 15 is 0 Å². The second kappa shape index (κ2) is 8.34. The standard InChI is InChI=1S/C20H28N6O3/c1-14(27)26(11-8-17-22-19(29-23-17)15-5-3-6-15)16-7-4-10-25(13-16)20(28)18-21-9-12-24(18)2/h9,12,15-16H,3-8,10-11,13H2,1-2H3. The number of hydrogen-bond acceptors (Lipinski definition) is 6. The summed E-state index contributed by atoms with van der Waals surface area (Å²) in [4.78, 5) is 37.5. The van der Waals surface area contributed by atoms with Gasteiger partial charge in [-0.3, -0.25) is 9.59 Å². The van der Waals surface area contributed by atoms with Crippen LogP contribution < -0.4 is 0 Å². The highest BCUT2D eigenvalue weighted by Crippen LogP contribution is 2.35. The van der Waals surface area contributed by atoms with Gasteiger partial charge in [-0.25, -0.2) is 4.98 Å². The highest BCUT2D eigenvalue weighted by atomic mass is 16.5. The van der Waals surface area contributed by atoms with Gasteiger partial charge >= 0.3 is 0 Å². The molecule has 1 unspecified atom stereocenters. The Labute approximate surface area is 170 Å². The predicted molar refractivity (Wildman–Crippen MR) is 104 cm³/mol. The van der Waals surface area contributed by atoms with Gasteiger partial charge < -0.3 is 18.9 Å². The Morgan fingerprint density at radius 1 is 1.28 bits per heavy atom. The molecule has 1 saturated carbocycles. The van der Waals surface area contributed by atoms with Gasteiger partial charge in [0.15, 0.2) is 11.6 Å². The van der Waals surface area contributed by atoms with E-state index in [0.717, 1.165) is 31.6 Å². The van der Waals surface area contributed by atoms with E-state index in [0.29, 0.717) is 43.6 Å². The summed E-state index contributed by atoms with van der Waals surface area (Å²) >= 11 is 0. The molecule has 2 aromatic rings. The normalized spacial score (nSPS) is 19.8. The molecular weight excluding hydrogens is 372 g/mol. The van der Waals surface area contributed by atoms with Crippen LogP contribution in [0.1, 0.15) is 67.3 Å². The number of rotatable bonds is 6. The minimum absolute atomic E-state index is 0.00371. The van der Waals surface area contributed by atoms with Crippen LogP contribution in [0.5, 0.6) is 0 Å². The summed E-state index contributed by atoms with van der Waals surface area (Å²) < 4.78 is 7.11. The molecule has 9 heteroatoms. The largest absolute Gasteiger partial charge is 0.339 e. The molecule has 29 heavy (non-hydrogen) atoms. The van der Waals surface area contributed by atoms with Crippen molar-refractivity contribution >= 4 is 11.8 Å². The fourth-order valence-corrected chi connectivity index (χ4v) is 4.11. The molecule has 2 amide bonds. The third kappa shape index (κ3) is 4.18. The number of aryl methyl sites for hydroxylation is 1. The number of imidazole rings is 1. The second-order valence-electron chi connectivity index (χ2n) is 8.05. The average Bonchev–Trinajstić information content (AvgIpc) is 3.29. The van der Waals surface area contributed by atoms with Gasteiger partial charge in [0.1, 0.15) is 0 Å². The van der Waals surface area contributed by atoms with E-state index in [1.54, 1.807) is 28.8 Å². The van der Waals surface area contributed by atoms with Crippen molar-refractivity contribution in [1.29, 1.82) is 0 Å². The van der Waals surface area contributed by atoms with E-state index in [2.05, 4.69) is 15.1 Å². The lowest BCUT2D eigenvalue weighted by atomic mass is 9.85. The maximum Gasteiger partial charge on any atom is 0.289 e. The fraction of sp³-hybridized carbons (Fsp3) is 0.650. The zero-order chi connectivity index (χ0) is 20.4. The molecule has 2 aliphatic rings. The van der Waals surface area contributed by atoms with E-state index in [-0.39, 0.29) is 17.9 Å². The maximum atomic E-state index is 12.8. The molecule has 1 saturated heterocycles. The molecule has 3 heterocycles. The number of aromatic nitrogens is 4. The van der Waals surface area contributed by atoms with Crippen molar-refractivity contribution in [2.45, 2.75) is 57.4 Å². The van der Waals surface area contributed by atoms with Crippen LogP contribution in [-0.2, 0) is 18.3 Å². The number of nitrogens with zero attached hydrogens (tertiary/aromatic N) is 6. The monoisotopic (exact) mass is 400 g/mol. The summed E-state index contributed by atoms with van der Waals surface area (Å²) in [5.41, 5.74) is 0. The van der Waals surface area contributed by atoms with Crippen LogP contribution in [0.15, 0.2) is 16.9 Å². The Balaban J connectivity index is 1.38. The molecule has 0 N–H and O–H groups in total. The van der Waals surface area contributed by atoms with Crippen molar-refractivity contribution in [2.75, 3.05) is 19.6 Å². The van der Waals surface area contributed by atoms with Crippen LogP contribution in [-0.4, -0.2) is 67.0 Å². The second-order valence-corrected chi connectivity index (χ2v) is 8.05. The van der Waals surface area contributed by atoms with Gasteiger partial charge in [-0.05, 0) is 25.7 Å². The van der Waals surface area contributed by atoms with Gasteiger partial charge in [-0.1, -0.05) is 11.6 Å². The Hall–Kier alpha value is -2.71. The number of carbonyl (C=O) groups is 2. The number of hydrogen-bond donors (Lipinski definition) is 0. The molecule has 156 valence electrons. The van der Waals surface area contributed by atoms with Gasteiger partial charge in [0, 0.05) is 64.4 Å². The number of piperidine rings is 1. The van der Waals surface area contributed by atoms with Crippen LogP contribution in [0.4, 0.5) is 0 Å². The third-order valence-corrected chi connectivity index (χ3v) is 6.06. The van der Waals surface area contributed by atoms with E-state index in [1.807, 2.05) is 11.9 Å². The van der Waals surface area contributed by atoms with Crippen molar-refractivity contribution in [1.82, 2.24) is 29.5 Å². The molecule has 2 fully saturated rings. The number of likely N-dealkylation sites (tertiary alicyclic amines) is 1. The zero-order valence-electron chi connectivity index (χ0n) is 17.1. The summed E-state index contributed by atoms with van der Waals surface area (Å²) in [5.74, 6) is 2.12. The van der Waals surface area contributed by atoms with Gasteiger partial charge in [0.25, 0.3) is 5.91 Å². The molecule has 0 radical (unpaired) electrons. The molecule has 4 rings (SSSR count). The first-order valence-corrected chi connectivity index (χ1v) is 10.4. The molecule has 0 bridgehead atoms. The smallest absolute Gasteiger partial charge is 0.289 e. The van der Waals surface area contributed by atoms with Gasteiger partial charge in [-0.2, -0.15) is 4.98 Å². The summed E-state index contributed by atoms with van der Waals surface area (Å²) in [5, 5.41) is 4.08. The predicted octanol–water partition coefficient (Wildman–Crippen LogP) is 1.77. The highest BCUT2D eigenvalue weighted by molar-refractivity contribution is 5.91. The molecule has 1 aliphatic carbocycles. The molecule has 0 aromatic carbocycles. The lowest BCUT2D eigenvalue weighted by Crippen LogP contribution is -2.52. The molecular formula is C20H28N6O3. The van der Waals surface area contributed by atoms with Crippen molar-refractivity contribution < 1.29 is 14.1 Å². The van der Waals surface area contributed by atoms with Crippen molar-refractivity contribution in [3.63, 3.8) is 0 Å². The molecule has 1 atom stereocenters. The van der Waals surface area contributed by atoms with Gasteiger partial charge in [0.2, 0.25) is 11.8 Å². The lowest BCUT2D eigenvalue weighted by Gasteiger charge is -2.38. The molecule has 1 aliphatic heterocycles. The molecule has 0 spiro atoms. The van der Waals surface area contributed by atoms with E-state index in [4.69, 9.17) is 4.52 Å². The summed E-state index contributed by atoms with van der Waals surface area (Å²) in [6.07, 6.45) is 9.13. The minimum Gasteiger partial charge on any atom is -0.339 e. The zero-order valence-corrected chi connectivity index (χ0v) is 17.1. The van der Waals surface area contributed by atoms with E-state index < -0.39 is 0 Å². The topological polar surface area (TPSA) is 97.4 Å². The SMILES string of the molecule is CC(=O)N(CCc1noc(C2CCC2)n1)C1CCCN(C(=O)c2nccn2C)C1. The van der Waals surface area contributed by atoms with Crippen LogP contribution in [0.25, 0.3) is 0 Å². The first-order chi connectivity index (χ1) is 14.0.